The van der Waals surface area contributed by atoms with Crippen LogP contribution in [0.4, 0.5) is 17.1 Å². The molecule has 1 amide bonds. The van der Waals surface area contributed by atoms with Gasteiger partial charge in [-0.2, -0.15) is 4.31 Å². The Hall–Kier alpha value is -2.58. The number of aryl methyl sites for hydroxylation is 1. The van der Waals surface area contributed by atoms with Gasteiger partial charge in [-0.25, -0.2) is 8.42 Å². The SMILES string of the molecule is CCCCNc1ccc(S(=O)(=O)N(CC)CC)cc1NCC(=O)Nc1ccc(CC)cc1. The minimum absolute atomic E-state index is 0.0206. The molecule has 0 aliphatic carbocycles. The number of unbranched alkanes of at least 4 members (excludes halogenated alkanes) is 1. The topological polar surface area (TPSA) is 90.5 Å². The van der Waals surface area contributed by atoms with E-state index in [2.05, 4.69) is 29.8 Å². The average molecular weight is 461 g/mol. The van der Waals surface area contributed by atoms with Crippen molar-refractivity contribution >= 4 is 33.0 Å². The Morgan fingerprint density at radius 2 is 1.59 bits per heavy atom. The van der Waals surface area contributed by atoms with Gasteiger partial charge in [-0.1, -0.05) is 46.2 Å². The van der Waals surface area contributed by atoms with Crippen LogP contribution in [0.3, 0.4) is 0 Å². The number of carbonyl (C=O) groups is 1. The van der Waals surface area contributed by atoms with Gasteiger partial charge in [0, 0.05) is 25.3 Å². The number of rotatable bonds is 13. The second kappa shape index (κ2) is 12.5. The normalized spacial score (nSPS) is 11.4. The van der Waals surface area contributed by atoms with E-state index in [0.29, 0.717) is 18.8 Å². The highest BCUT2D eigenvalue weighted by Crippen LogP contribution is 2.27. The Morgan fingerprint density at radius 1 is 0.906 bits per heavy atom. The number of carbonyl (C=O) groups excluding carboxylic acids is 1. The molecule has 0 fully saturated rings. The Balaban J connectivity index is 2.18. The average Bonchev–Trinajstić information content (AvgIpc) is 2.79. The number of nitrogens with one attached hydrogen (secondary N) is 3. The predicted molar refractivity (Wildman–Crippen MR) is 133 cm³/mol. The molecule has 0 saturated carbocycles. The molecule has 2 aromatic carbocycles. The van der Waals surface area contributed by atoms with E-state index in [0.717, 1.165) is 37.2 Å². The zero-order valence-electron chi connectivity index (χ0n) is 19.6. The molecule has 2 aromatic rings. The molecule has 0 bridgehead atoms. The van der Waals surface area contributed by atoms with Gasteiger partial charge >= 0.3 is 0 Å². The van der Waals surface area contributed by atoms with Crippen molar-refractivity contribution in [2.75, 3.05) is 42.1 Å². The number of anilines is 3. The smallest absolute Gasteiger partial charge is 0.243 e. The summed E-state index contributed by atoms with van der Waals surface area (Å²) in [5.41, 5.74) is 3.30. The maximum atomic E-state index is 12.9. The number of amides is 1. The Kier molecular flexibility index (Phi) is 9.99. The molecule has 32 heavy (non-hydrogen) atoms. The summed E-state index contributed by atoms with van der Waals surface area (Å²) >= 11 is 0. The molecular formula is C24H36N4O3S. The van der Waals surface area contributed by atoms with Crippen LogP contribution in [0.15, 0.2) is 47.4 Å². The van der Waals surface area contributed by atoms with Crippen molar-refractivity contribution in [2.45, 2.75) is 51.9 Å². The van der Waals surface area contributed by atoms with Gasteiger partial charge in [0.05, 0.1) is 22.8 Å². The summed E-state index contributed by atoms with van der Waals surface area (Å²) in [5.74, 6) is -0.203. The summed E-state index contributed by atoms with van der Waals surface area (Å²) < 4.78 is 27.3. The largest absolute Gasteiger partial charge is 0.383 e. The summed E-state index contributed by atoms with van der Waals surface area (Å²) in [6, 6.07) is 12.7. The summed E-state index contributed by atoms with van der Waals surface area (Å²) in [4.78, 5) is 12.7. The standard InChI is InChI=1S/C24H36N4O3S/c1-5-9-16-25-22-15-14-21(32(30,31)28(7-3)8-4)17-23(22)26-18-24(29)27-20-12-10-19(6-2)11-13-20/h10-15,17,25-26H,5-9,16,18H2,1-4H3,(H,27,29). The van der Waals surface area contributed by atoms with Crippen molar-refractivity contribution < 1.29 is 13.2 Å². The van der Waals surface area contributed by atoms with Gasteiger partial charge in [0.2, 0.25) is 15.9 Å². The lowest BCUT2D eigenvalue weighted by molar-refractivity contribution is -0.114. The highest BCUT2D eigenvalue weighted by Gasteiger charge is 2.22. The van der Waals surface area contributed by atoms with Crippen molar-refractivity contribution in [3.05, 3.63) is 48.0 Å². The van der Waals surface area contributed by atoms with Crippen LogP contribution in [0, 0.1) is 0 Å². The van der Waals surface area contributed by atoms with Crippen LogP contribution in [0.25, 0.3) is 0 Å². The van der Waals surface area contributed by atoms with Gasteiger partial charge < -0.3 is 16.0 Å². The minimum Gasteiger partial charge on any atom is -0.383 e. The van der Waals surface area contributed by atoms with Crippen LogP contribution in [0.5, 0.6) is 0 Å². The summed E-state index contributed by atoms with van der Waals surface area (Å²) in [7, 11) is -3.59. The third-order valence-electron chi connectivity index (χ3n) is 5.27. The van der Waals surface area contributed by atoms with E-state index in [1.165, 1.54) is 9.87 Å². The minimum atomic E-state index is -3.59. The number of hydrogen-bond donors (Lipinski definition) is 3. The molecule has 2 rings (SSSR count). The van der Waals surface area contributed by atoms with E-state index < -0.39 is 10.0 Å². The van der Waals surface area contributed by atoms with Crippen molar-refractivity contribution in [3.8, 4) is 0 Å². The number of hydrogen-bond acceptors (Lipinski definition) is 5. The molecule has 0 aliphatic heterocycles. The monoisotopic (exact) mass is 460 g/mol. The van der Waals surface area contributed by atoms with Crippen LogP contribution < -0.4 is 16.0 Å². The summed E-state index contributed by atoms with van der Waals surface area (Å²) in [5, 5.41) is 9.31. The van der Waals surface area contributed by atoms with Gasteiger partial charge in [0.25, 0.3) is 0 Å². The number of nitrogens with zero attached hydrogens (tertiary/aromatic N) is 1. The van der Waals surface area contributed by atoms with E-state index in [-0.39, 0.29) is 17.3 Å². The number of sulfonamides is 1. The molecule has 176 valence electrons. The Morgan fingerprint density at radius 3 is 2.19 bits per heavy atom. The Labute approximate surface area is 192 Å². The summed E-state index contributed by atoms with van der Waals surface area (Å²) in [6.07, 6.45) is 2.98. The lowest BCUT2D eigenvalue weighted by Crippen LogP contribution is -2.30. The van der Waals surface area contributed by atoms with Crippen LogP contribution >= 0.6 is 0 Å². The molecule has 8 heteroatoms. The second-order valence-corrected chi connectivity index (χ2v) is 9.47. The molecular weight excluding hydrogens is 424 g/mol. The van der Waals surface area contributed by atoms with Gasteiger partial charge in [0.15, 0.2) is 0 Å². The van der Waals surface area contributed by atoms with E-state index in [9.17, 15) is 13.2 Å². The second-order valence-electron chi connectivity index (χ2n) is 7.53. The molecule has 0 unspecified atom stereocenters. The van der Waals surface area contributed by atoms with E-state index in [1.807, 2.05) is 38.1 Å². The van der Waals surface area contributed by atoms with Crippen molar-refractivity contribution in [2.24, 2.45) is 0 Å². The fourth-order valence-corrected chi connectivity index (χ4v) is 4.79. The zero-order valence-corrected chi connectivity index (χ0v) is 20.4. The maximum Gasteiger partial charge on any atom is 0.243 e. The van der Waals surface area contributed by atoms with Crippen LogP contribution in [0.1, 0.15) is 46.1 Å². The predicted octanol–water partition coefficient (Wildman–Crippen LogP) is 4.54. The molecule has 7 nitrogen and oxygen atoms in total. The molecule has 0 radical (unpaired) electrons. The zero-order chi connectivity index (χ0) is 23.6. The molecule has 0 aromatic heterocycles. The highest BCUT2D eigenvalue weighted by atomic mass is 32.2. The first-order chi connectivity index (χ1) is 15.3. The first-order valence-corrected chi connectivity index (χ1v) is 12.8. The van der Waals surface area contributed by atoms with E-state index in [1.54, 1.807) is 18.2 Å². The fraction of sp³-hybridized carbons (Fsp3) is 0.458. The quantitative estimate of drug-likeness (QED) is 0.382. The van der Waals surface area contributed by atoms with Gasteiger partial charge in [-0.15, -0.1) is 0 Å². The molecule has 0 heterocycles. The molecule has 0 saturated heterocycles. The Bertz CT molecular complexity index is 971. The lowest BCUT2D eigenvalue weighted by Gasteiger charge is -2.20. The molecule has 0 atom stereocenters. The number of benzene rings is 2. The molecule has 0 aliphatic rings. The van der Waals surface area contributed by atoms with Crippen molar-refractivity contribution in [1.82, 2.24) is 4.31 Å². The molecule has 0 spiro atoms. The fourth-order valence-electron chi connectivity index (χ4n) is 3.30. The van der Waals surface area contributed by atoms with Gasteiger partial charge in [-0.3, -0.25) is 4.79 Å². The maximum absolute atomic E-state index is 12.9. The van der Waals surface area contributed by atoms with E-state index >= 15 is 0 Å². The first kappa shape index (κ1) is 25.7. The van der Waals surface area contributed by atoms with Crippen LogP contribution in [-0.2, 0) is 21.2 Å². The first-order valence-electron chi connectivity index (χ1n) is 11.4. The third kappa shape index (κ3) is 6.97. The van der Waals surface area contributed by atoms with Crippen molar-refractivity contribution in [1.29, 1.82) is 0 Å². The third-order valence-corrected chi connectivity index (χ3v) is 7.31. The lowest BCUT2D eigenvalue weighted by atomic mass is 10.1. The van der Waals surface area contributed by atoms with Crippen molar-refractivity contribution in [3.63, 3.8) is 0 Å². The van der Waals surface area contributed by atoms with Crippen LogP contribution in [0.2, 0.25) is 0 Å². The van der Waals surface area contributed by atoms with Gasteiger partial charge in [-0.05, 0) is 48.7 Å². The van der Waals surface area contributed by atoms with E-state index in [4.69, 9.17) is 0 Å². The highest BCUT2D eigenvalue weighted by molar-refractivity contribution is 7.89. The van der Waals surface area contributed by atoms with Gasteiger partial charge in [0.1, 0.15) is 0 Å². The van der Waals surface area contributed by atoms with Crippen LogP contribution in [-0.4, -0.2) is 44.8 Å². The summed E-state index contributed by atoms with van der Waals surface area (Å²) in [6.45, 7) is 9.41. The molecule has 3 N–H and O–H groups in total.